The van der Waals surface area contributed by atoms with Crippen molar-refractivity contribution in [2.75, 3.05) is 17.2 Å². The highest BCUT2D eigenvalue weighted by atomic mass is 16.5. The van der Waals surface area contributed by atoms with Crippen LogP contribution in [0.25, 0.3) is 0 Å². The van der Waals surface area contributed by atoms with Gasteiger partial charge in [0.2, 0.25) is 0 Å². The van der Waals surface area contributed by atoms with Crippen molar-refractivity contribution in [3.05, 3.63) is 59.7 Å². The van der Waals surface area contributed by atoms with E-state index in [4.69, 9.17) is 4.74 Å². The van der Waals surface area contributed by atoms with Gasteiger partial charge in [0, 0.05) is 5.69 Å². The fraction of sp³-hybridized carbons (Fsp3) is 0.263. The Hall–Kier alpha value is -2.82. The van der Waals surface area contributed by atoms with Crippen molar-refractivity contribution in [2.45, 2.75) is 26.7 Å². The third-order valence-corrected chi connectivity index (χ3v) is 3.50. The lowest BCUT2D eigenvalue weighted by Gasteiger charge is -2.15. The van der Waals surface area contributed by atoms with Crippen molar-refractivity contribution < 1.29 is 14.3 Å². The lowest BCUT2D eigenvalue weighted by Crippen LogP contribution is -2.22. The van der Waals surface area contributed by atoms with Gasteiger partial charge in [0.05, 0.1) is 17.9 Å². The summed E-state index contributed by atoms with van der Waals surface area (Å²) in [5, 5.41) is 5.55. The molecule has 0 unspecified atom stereocenters. The molecule has 0 aromatic heterocycles. The van der Waals surface area contributed by atoms with E-state index in [0.717, 1.165) is 11.3 Å². The first-order valence-corrected chi connectivity index (χ1v) is 7.96. The van der Waals surface area contributed by atoms with Gasteiger partial charge in [-0.3, -0.25) is 0 Å². The first kappa shape index (κ1) is 17.5. The molecule has 2 aromatic rings. The van der Waals surface area contributed by atoms with Gasteiger partial charge in [0.15, 0.2) is 0 Å². The summed E-state index contributed by atoms with van der Waals surface area (Å²) in [7, 11) is 0. The molecule has 0 saturated carbocycles. The lowest BCUT2D eigenvalue weighted by molar-refractivity contribution is 0.0527. The van der Waals surface area contributed by atoms with Crippen LogP contribution in [0, 0.1) is 0 Å². The Morgan fingerprint density at radius 3 is 2.21 bits per heavy atom. The zero-order valence-electron chi connectivity index (χ0n) is 14.1. The van der Waals surface area contributed by atoms with E-state index in [0.29, 0.717) is 11.3 Å². The number of anilines is 2. The maximum absolute atomic E-state index is 12.3. The second kappa shape index (κ2) is 8.15. The highest BCUT2D eigenvalue weighted by molar-refractivity contribution is 6.05. The third kappa shape index (κ3) is 4.35. The molecule has 126 valence electrons. The Bertz CT molecular complexity index is 726. The molecule has 5 nitrogen and oxygen atoms in total. The summed E-state index contributed by atoms with van der Waals surface area (Å²) in [4.78, 5) is 24.3. The summed E-state index contributed by atoms with van der Waals surface area (Å²) in [5.74, 6) is -0.177. The quantitative estimate of drug-likeness (QED) is 0.787. The van der Waals surface area contributed by atoms with Crippen LogP contribution in [0.1, 0.15) is 42.6 Å². The molecular formula is C19H22N2O3. The summed E-state index contributed by atoms with van der Waals surface area (Å²) in [6.07, 6.45) is 0. The van der Waals surface area contributed by atoms with E-state index >= 15 is 0 Å². The van der Waals surface area contributed by atoms with Gasteiger partial charge in [0.25, 0.3) is 0 Å². The maximum atomic E-state index is 12.3. The van der Waals surface area contributed by atoms with Gasteiger partial charge in [-0.15, -0.1) is 0 Å². The van der Waals surface area contributed by atoms with Crippen LogP contribution in [0.15, 0.2) is 48.5 Å². The molecule has 0 fully saturated rings. The first-order chi connectivity index (χ1) is 11.5. The van der Waals surface area contributed by atoms with Gasteiger partial charge in [-0.05, 0) is 36.6 Å². The standard InChI is InChI=1S/C19H22N2O3/c1-4-24-18(22)15-10-6-8-12-17(15)21-19(23)20-16-11-7-5-9-14(16)13(2)3/h5-13H,4H2,1-3H3,(H2,20,21,23). The second-order valence-corrected chi connectivity index (χ2v) is 5.59. The molecule has 0 saturated heterocycles. The average molecular weight is 326 g/mol. The van der Waals surface area contributed by atoms with Gasteiger partial charge in [0.1, 0.15) is 0 Å². The van der Waals surface area contributed by atoms with Crippen molar-refractivity contribution in [1.29, 1.82) is 0 Å². The Kier molecular flexibility index (Phi) is 5.95. The Morgan fingerprint density at radius 2 is 1.54 bits per heavy atom. The Labute approximate surface area is 142 Å². The molecule has 2 aromatic carbocycles. The number of ether oxygens (including phenoxy) is 1. The van der Waals surface area contributed by atoms with Crippen LogP contribution in [0.5, 0.6) is 0 Å². The minimum atomic E-state index is -0.462. The molecule has 2 amide bonds. The van der Waals surface area contributed by atoms with Gasteiger partial charge in [-0.25, -0.2) is 9.59 Å². The molecule has 0 bridgehead atoms. The number of hydrogen-bond donors (Lipinski definition) is 2. The molecule has 0 radical (unpaired) electrons. The molecule has 0 atom stereocenters. The highest BCUT2D eigenvalue weighted by Gasteiger charge is 2.15. The molecule has 0 spiro atoms. The smallest absolute Gasteiger partial charge is 0.340 e. The predicted octanol–water partition coefficient (Wildman–Crippen LogP) is 4.63. The van der Waals surface area contributed by atoms with E-state index in [-0.39, 0.29) is 12.5 Å². The molecule has 24 heavy (non-hydrogen) atoms. The number of para-hydroxylation sites is 2. The van der Waals surface area contributed by atoms with Crippen molar-refractivity contribution >= 4 is 23.4 Å². The number of benzene rings is 2. The minimum absolute atomic E-state index is 0.279. The number of amides is 2. The minimum Gasteiger partial charge on any atom is -0.462 e. The molecule has 0 heterocycles. The summed E-state index contributed by atoms with van der Waals surface area (Å²) in [6.45, 7) is 6.15. The second-order valence-electron chi connectivity index (χ2n) is 5.59. The first-order valence-electron chi connectivity index (χ1n) is 7.96. The number of urea groups is 1. The van der Waals surface area contributed by atoms with E-state index in [1.165, 1.54) is 0 Å². The molecule has 0 aliphatic carbocycles. The topological polar surface area (TPSA) is 67.4 Å². The van der Waals surface area contributed by atoms with Crippen LogP contribution >= 0.6 is 0 Å². The van der Waals surface area contributed by atoms with Gasteiger partial charge < -0.3 is 15.4 Å². The maximum Gasteiger partial charge on any atom is 0.340 e. The summed E-state index contributed by atoms with van der Waals surface area (Å²) in [5.41, 5.74) is 2.53. The summed E-state index contributed by atoms with van der Waals surface area (Å²) >= 11 is 0. The van der Waals surface area contributed by atoms with Crippen molar-refractivity contribution in [1.82, 2.24) is 0 Å². The molecule has 2 rings (SSSR count). The van der Waals surface area contributed by atoms with Gasteiger partial charge >= 0.3 is 12.0 Å². The molecule has 0 aliphatic heterocycles. The number of esters is 1. The number of rotatable bonds is 5. The molecule has 5 heteroatoms. The van der Waals surface area contributed by atoms with E-state index < -0.39 is 12.0 Å². The van der Waals surface area contributed by atoms with Gasteiger partial charge in [-0.1, -0.05) is 44.2 Å². The van der Waals surface area contributed by atoms with Crippen molar-refractivity contribution in [3.8, 4) is 0 Å². The average Bonchev–Trinajstić information content (AvgIpc) is 2.55. The van der Waals surface area contributed by atoms with Crippen LogP contribution in [0.4, 0.5) is 16.2 Å². The largest absolute Gasteiger partial charge is 0.462 e. The number of carbonyl (C=O) groups is 2. The molecular weight excluding hydrogens is 304 g/mol. The fourth-order valence-electron chi connectivity index (χ4n) is 2.37. The Balaban J connectivity index is 2.15. The van der Waals surface area contributed by atoms with Crippen LogP contribution < -0.4 is 10.6 Å². The van der Waals surface area contributed by atoms with Crippen molar-refractivity contribution in [3.63, 3.8) is 0 Å². The molecule has 0 aliphatic rings. The van der Waals surface area contributed by atoms with Crippen LogP contribution in [-0.2, 0) is 4.74 Å². The van der Waals surface area contributed by atoms with Crippen LogP contribution in [0.3, 0.4) is 0 Å². The third-order valence-electron chi connectivity index (χ3n) is 3.50. The SMILES string of the molecule is CCOC(=O)c1ccccc1NC(=O)Nc1ccccc1C(C)C. The van der Waals surface area contributed by atoms with Crippen LogP contribution in [0.2, 0.25) is 0 Å². The zero-order valence-corrected chi connectivity index (χ0v) is 14.1. The fourth-order valence-corrected chi connectivity index (χ4v) is 2.37. The number of nitrogens with one attached hydrogen (secondary N) is 2. The van der Waals surface area contributed by atoms with E-state index in [9.17, 15) is 9.59 Å². The predicted molar refractivity (Wildman–Crippen MR) is 95.6 cm³/mol. The van der Waals surface area contributed by atoms with Crippen LogP contribution in [-0.4, -0.2) is 18.6 Å². The number of hydrogen-bond acceptors (Lipinski definition) is 3. The Morgan fingerprint density at radius 1 is 0.958 bits per heavy atom. The van der Waals surface area contributed by atoms with Crippen molar-refractivity contribution in [2.24, 2.45) is 0 Å². The summed E-state index contributed by atoms with van der Waals surface area (Å²) in [6, 6.07) is 14.0. The van der Waals surface area contributed by atoms with E-state index in [1.54, 1.807) is 31.2 Å². The normalized spacial score (nSPS) is 10.3. The van der Waals surface area contributed by atoms with E-state index in [2.05, 4.69) is 24.5 Å². The monoisotopic (exact) mass is 326 g/mol. The lowest BCUT2D eigenvalue weighted by atomic mass is 10.0. The van der Waals surface area contributed by atoms with Gasteiger partial charge in [-0.2, -0.15) is 0 Å². The molecule has 2 N–H and O–H groups in total. The van der Waals surface area contributed by atoms with E-state index in [1.807, 2.05) is 24.3 Å². The zero-order chi connectivity index (χ0) is 17.5. The number of carbonyl (C=O) groups excluding carboxylic acids is 2. The highest BCUT2D eigenvalue weighted by Crippen LogP contribution is 2.24. The summed E-state index contributed by atoms with van der Waals surface area (Å²) < 4.78 is 5.01.